The Balaban J connectivity index is 0.00000196. The van der Waals surface area contributed by atoms with Gasteiger partial charge in [0.2, 0.25) is 0 Å². The van der Waals surface area contributed by atoms with E-state index in [-0.39, 0.29) is 23.9 Å². The van der Waals surface area contributed by atoms with Crippen LogP contribution in [0.1, 0.15) is 32.4 Å². The average molecular weight is 313 g/mol. The molecule has 1 aromatic rings. The molecule has 0 saturated carbocycles. The summed E-state index contributed by atoms with van der Waals surface area (Å²) in [7, 11) is 0. The first kappa shape index (κ1) is 15.2. The van der Waals surface area contributed by atoms with Gasteiger partial charge in [0.05, 0.1) is 5.02 Å². The van der Waals surface area contributed by atoms with Gasteiger partial charge in [-0.05, 0) is 39.0 Å². The van der Waals surface area contributed by atoms with Crippen molar-refractivity contribution in [2.75, 3.05) is 0 Å². The first-order valence-electron chi connectivity index (χ1n) is 4.53. The van der Waals surface area contributed by atoms with Gasteiger partial charge in [-0.1, -0.05) is 38.4 Å². The summed E-state index contributed by atoms with van der Waals surface area (Å²) in [5.41, 5.74) is 7.30. The van der Waals surface area contributed by atoms with E-state index in [4.69, 9.17) is 17.3 Å². The van der Waals surface area contributed by atoms with Gasteiger partial charge in [0.1, 0.15) is 0 Å². The van der Waals surface area contributed by atoms with Crippen LogP contribution in [0.5, 0.6) is 0 Å². The lowest BCUT2D eigenvalue weighted by Gasteiger charge is -2.27. The van der Waals surface area contributed by atoms with E-state index in [0.717, 1.165) is 15.1 Å². The molecule has 0 bridgehead atoms. The van der Waals surface area contributed by atoms with Crippen molar-refractivity contribution in [2.24, 2.45) is 11.1 Å². The number of hydrogen-bond donors (Lipinski definition) is 1. The van der Waals surface area contributed by atoms with Crippen LogP contribution in [0.3, 0.4) is 0 Å². The van der Waals surface area contributed by atoms with Crippen LogP contribution in [0, 0.1) is 5.41 Å². The molecule has 0 heterocycles. The fourth-order valence-electron chi connectivity index (χ4n) is 1.21. The number of benzene rings is 1. The molecule has 1 aromatic carbocycles. The molecule has 0 aliphatic heterocycles. The van der Waals surface area contributed by atoms with Crippen molar-refractivity contribution in [3.05, 3.63) is 33.3 Å². The highest BCUT2D eigenvalue weighted by Crippen LogP contribution is 2.33. The third-order valence-corrected chi connectivity index (χ3v) is 3.45. The molecular weight excluding hydrogens is 297 g/mol. The quantitative estimate of drug-likeness (QED) is 0.807. The average Bonchev–Trinajstić information content (AvgIpc) is 2.07. The normalized spacial score (nSPS) is 13.2. The van der Waals surface area contributed by atoms with E-state index in [1.165, 1.54) is 0 Å². The van der Waals surface area contributed by atoms with Gasteiger partial charge in [-0.15, -0.1) is 12.4 Å². The van der Waals surface area contributed by atoms with Gasteiger partial charge in [0, 0.05) is 10.5 Å². The third kappa shape index (κ3) is 3.95. The van der Waals surface area contributed by atoms with Crippen LogP contribution in [0.2, 0.25) is 5.02 Å². The summed E-state index contributed by atoms with van der Waals surface area (Å²) >= 11 is 9.31. The summed E-state index contributed by atoms with van der Waals surface area (Å²) in [5.74, 6) is 0. The predicted octanol–water partition coefficient (Wildman–Crippen LogP) is 4.57. The maximum atomic E-state index is 6.13. The fourth-order valence-corrected chi connectivity index (χ4v) is 1.72. The largest absolute Gasteiger partial charge is 0.324 e. The Bertz CT molecular complexity index is 334. The highest BCUT2D eigenvalue weighted by molar-refractivity contribution is 9.10. The van der Waals surface area contributed by atoms with E-state index in [0.29, 0.717) is 0 Å². The van der Waals surface area contributed by atoms with Crippen molar-refractivity contribution < 1.29 is 0 Å². The Morgan fingerprint density at radius 2 is 1.87 bits per heavy atom. The second-order valence-electron chi connectivity index (χ2n) is 4.52. The SMILES string of the molecule is CC(C)(C)[C@H](N)c1ccc(Cl)c(Br)c1.Cl. The molecular formula is C11H16BrCl2N. The van der Waals surface area contributed by atoms with Crippen molar-refractivity contribution in [3.63, 3.8) is 0 Å². The number of hydrogen-bond acceptors (Lipinski definition) is 1. The van der Waals surface area contributed by atoms with E-state index in [9.17, 15) is 0 Å². The minimum absolute atomic E-state index is 0. The second kappa shape index (κ2) is 5.53. The molecule has 0 spiro atoms. The molecule has 0 fully saturated rings. The zero-order valence-electron chi connectivity index (χ0n) is 9.05. The standard InChI is InChI=1S/C11H15BrClN.ClH/c1-11(2,3)10(14)7-4-5-9(13)8(12)6-7;/h4-6,10H,14H2,1-3H3;1H/t10-;/m1./s1. The lowest BCUT2D eigenvalue weighted by molar-refractivity contribution is 0.327. The Morgan fingerprint density at radius 1 is 1.33 bits per heavy atom. The molecule has 1 atom stereocenters. The van der Waals surface area contributed by atoms with Gasteiger partial charge >= 0.3 is 0 Å². The van der Waals surface area contributed by atoms with Gasteiger partial charge in [0.25, 0.3) is 0 Å². The van der Waals surface area contributed by atoms with Gasteiger partial charge in [-0.25, -0.2) is 0 Å². The van der Waals surface area contributed by atoms with Crippen LogP contribution in [-0.4, -0.2) is 0 Å². The van der Waals surface area contributed by atoms with Crippen LogP contribution >= 0.6 is 39.9 Å². The second-order valence-corrected chi connectivity index (χ2v) is 5.78. The molecule has 1 rings (SSSR count). The van der Waals surface area contributed by atoms with Crippen LogP contribution < -0.4 is 5.73 Å². The molecule has 0 aromatic heterocycles. The number of halogens is 3. The molecule has 0 radical (unpaired) electrons. The van der Waals surface area contributed by atoms with Crippen LogP contribution in [0.25, 0.3) is 0 Å². The van der Waals surface area contributed by atoms with E-state index in [2.05, 4.69) is 36.7 Å². The summed E-state index contributed by atoms with van der Waals surface area (Å²) in [6.45, 7) is 6.38. The molecule has 86 valence electrons. The van der Waals surface area contributed by atoms with Crippen LogP contribution in [0.15, 0.2) is 22.7 Å². The summed E-state index contributed by atoms with van der Waals surface area (Å²) in [6, 6.07) is 5.85. The zero-order valence-corrected chi connectivity index (χ0v) is 12.2. The van der Waals surface area contributed by atoms with E-state index < -0.39 is 0 Å². The van der Waals surface area contributed by atoms with Gasteiger partial charge in [-0.3, -0.25) is 0 Å². The molecule has 1 nitrogen and oxygen atoms in total. The van der Waals surface area contributed by atoms with Gasteiger partial charge < -0.3 is 5.73 Å². The monoisotopic (exact) mass is 311 g/mol. The highest BCUT2D eigenvalue weighted by atomic mass is 79.9. The highest BCUT2D eigenvalue weighted by Gasteiger charge is 2.22. The smallest absolute Gasteiger partial charge is 0.0548 e. The lowest BCUT2D eigenvalue weighted by Crippen LogP contribution is -2.26. The number of rotatable bonds is 1. The lowest BCUT2D eigenvalue weighted by atomic mass is 9.83. The molecule has 4 heteroatoms. The minimum atomic E-state index is 0. The maximum Gasteiger partial charge on any atom is 0.0548 e. The first-order valence-corrected chi connectivity index (χ1v) is 5.70. The Labute approximate surface area is 111 Å². The topological polar surface area (TPSA) is 26.0 Å². The zero-order chi connectivity index (χ0) is 10.9. The first-order chi connectivity index (χ1) is 6.32. The minimum Gasteiger partial charge on any atom is -0.324 e. The molecule has 0 aliphatic rings. The van der Waals surface area contributed by atoms with Crippen molar-refractivity contribution in [2.45, 2.75) is 26.8 Å². The Hall–Kier alpha value is 0.240. The van der Waals surface area contributed by atoms with Crippen LogP contribution in [-0.2, 0) is 0 Å². The number of nitrogens with two attached hydrogens (primary N) is 1. The van der Waals surface area contributed by atoms with E-state index >= 15 is 0 Å². The molecule has 0 amide bonds. The summed E-state index contributed by atoms with van der Waals surface area (Å²) in [6.07, 6.45) is 0. The van der Waals surface area contributed by atoms with Crippen molar-refractivity contribution in [1.29, 1.82) is 0 Å². The van der Waals surface area contributed by atoms with Crippen molar-refractivity contribution >= 4 is 39.9 Å². The predicted molar refractivity (Wildman–Crippen MR) is 72.8 cm³/mol. The van der Waals surface area contributed by atoms with E-state index in [1.54, 1.807) is 0 Å². The van der Waals surface area contributed by atoms with Crippen molar-refractivity contribution in [3.8, 4) is 0 Å². The molecule has 0 saturated heterocycles. The van der Waals surface area contributed by atoms with E-state index in [1.807, 2.05) is 18.2 Å². The maximum absolute atomic E-state index is 6.13. The third-order valence-electron chi connectivity index (χ3n) is 2.24. The van der Waals surface area contributed by atoms with Crippen molar-refractivity contribution in [1.82, 2.24) is 0 Å². The molecule has 0 aliphatic carbocycles. The summed E-state index contributed by atoms with van der Waals surface area (Å²) in [4.78, 5) is 0. The fraction of sp³-hybridized carbons (Fsp3) is 0.455. The van der Waals surface area contributed by atoms with Crippen LogP contribution in [0.4, 0.5) is 0 Å². The Morgan fingerprint density at radius 3 is 2.27 bits per heavy atom. The summed E-state index contributed by atoms with van der Waals surface area (Å²) < 4.78 is 0.899. The van der Waals surface area contributed by atoms with Gasteiger partial charge in [-0.2, -0.15) is 0 Å². The summed E-state index contributed by atoms with van der Waals surface area (Å²) in [5, 5.41) is 0.717. The molecule has 15 heavy (non-hydrogen) atoms. The Kier molecular flexibility index (Phi) is 5.62. The molecule has 2 N–H and O–H groups in total. The van der Waals surface area contributed by atoms with Gasteiger partial charge in [0.15, 0.2) is 0 Å². The molecule has 0 unspecified atom stereocenters.